The molecule has 2 aliphatic rings. The third kappa shape index (κ3) is 3.25. The zero-order valence-corrected chi connectivity index (χ0v) is 15.7. The molecule has 0 atom stereocenters. The van der Waals surface area contributed by atoms with Gasteiger partial charge in [-0.25, -0.2) is 4.98 Å². The fourth-order valence-electron chi connectivity index (χ4n) is 4.39. The van der Waals surface area contributed by atoms with Crippen molar-refractivity contribution in [3.63, 3.8) is 0 Å². The highest BCUT2D eigenvalue weighted by molar-refractivity contribution is 6.12. The normalized spacial score (nSPS) is 17.9. The second-order valence-corrected chi connectivity index (χ2v) is 7.56. The highest BCUT2D eigenvalue weighted by Crippen LogP contribution is 2.34. The highest BCUT2D eigenvalue weighted by atomic mass is 16.1. The molecule has 0 radical (unpaired) electrons. The van der Waals surface area contributed by atoms with Gasteiger partial charge >= 0.3 is 0 Å². The van der Waals surface area contributed by atoms with Crippen LogP contribution in [-0.2, 0) is 25.7 Å². The second-order valence-electron chi connectivity index (χ2n) is 7.56. The molecule has 1 heterocycles. The number of aryl methyl sites for hydroxylation is 1. The van der Waals surface area contributed by atoms with Crippen molar-refractivity contribution in [1.29, 1.82) is 0 Å². The molecule has 134 valence electrons. The summed E-state index contributed by atoms with van der Waals surface area (Å²) in [6.45, 7) is 2.24. The SMILES string of the molecule is CCCCc1c2c(nc3c1CC/C(=C\c1ccccc1)C3=O)CCCC2. The minimum Gasteiger partial charge on any atom is -0.287 e. The van der Waals surface area contributed by atoms with Gasteiger partial charge in [0.1, 0.15) is 5.69 Å². The molecule has 0 aliphatic heterocycles. The molecule has 2 aromatic rings. The molecule has 1 aromatic carbocycles. The number of benzene rings is 1. The van der Waals surface area contributed by atoms with Crippen LogP contribution < -0.4 is 0 Å². The van der Waals surface area contributed by atoms with E-state index in [2.05, 4.69) is 25.1 Å². The molecule has 0 bridgehead atoms. The van der Waals surface area contributed by atoms with Gasteiger partial charge in [0.05, 0.1) is 0 Å². The number of unbranched alkanes of at least 4 members (excludes halogenated alkanes) is 1. The first-order valence-electron chi connectivity index (χ1n) is 10.1. The number of allylic oxidation sites excluding steroid dienone is 1. The van der Waals surface area contributed by atoms with Crippen LogP contribution in [0.3, 0.4) is 0 Å². The monoisotopic (exact) mass is 345 g/mol. The summed E-state index contributed by atoms with van der Waals surface area (Å²) in [6.07, 6.45) is 12.0. The zero-order valence-electron chi connectivity index (χ0n) is 15.7. The van der Waals surface area contributed by atoms with Gasteiger partial charge in [-0.1, -0.05) is 43.7 Å². The topological polar surface area (TPSA) is 30.0 Å². The lowest BCUT2D eigenvalue weighted by Gasteiger charge is -2.27. The van der Waals surface area contributed by atoms with E-state index in [9.17, 15) is 4.79 Å². The van der Waals surface area contributed by atoms with Crippen molar-refractivity contribution < 1.29 is 4.79 Å². The van der Waals surface area contributed by atoms with Crippen molar-refractivity contribution >= 4 is 11.9 Å². The number of carbonyl (C=O) groups excluding carboxylic acids is 1. The number of carbonyl (C=O) groups is 1. The average Bonchev–Trinajstić information content (AvgIpc) is 2.68. The minimum absolute atomic E-state index is 0.154. The summed E-state index contributed by atoms with van der Waals surface area (Å²) in [5.74, 6) is 0.154. The Bertz CT molecular complexity index is 848. The Kier molecular flexibility index (Phi) is 5.01. The maximum atomic E-state index is 13.2. The van der Waals surface area contributed by atoms with Gasteiger partial charge in [0.15, 0.2) is 0 Å². The van der Waals surface area contributed by atoms with E-state index in [1.807, 2.05) is 18.2 Å². The third-order valence-electron chi connectivity index (χ3n) is 5.77. The first-order chi connectivity index (χ1) is 12.8. The predicted octanol–water partition coefficient (Wildman–Crippen LogP) is 5.52. The number of fused-ring (bicyclic) bond motifs is 2. The standard InChI is InChI=1S/C24H27NO/c1-2-3-11-19-20-12-7-8-13-22(20)25-23-21(19)15-14-18(24(23)26)16-17-9-5-4-6-10-17/h4-6,9-10,16H,2-3,7-8,11-15H2,1H3/b18-16+. The van der Waals surface area contributed by atoms with Gasteiger partial charge in [-0.15, -0.1) is 0 Å². The summed E-state index contributed by atoms with van der Waals surface area (Å²) < 4.78 is 0. The van der Waals surface area contributed by atoms with Gasteiger partial charge in [0.25, 0.3) is 0 Å². The van der Waals surface area contributed by atoms with Crippen LogP contribution >= 0.6 is 0 Å². The number of Topliss-reactive ketones (excluding diaryl/α,β-unsaturated/α-hetero) is 1. The molecule has 26 heavy (non-hydrogen) atoms. The van der Waals surface area contributed by atoms with Crippen LogP contribution in [0.25, 0.3) is 6.08 Å². The van der Waals surface area contributed by atoms with Crippen LogP contribution in [0.5, 0.6) is 0 Å². The summed E-state index contributed by atoms with van der Waals surface area (Å²) in [4.78, 5) is 18.1. The van der Waals surface area contributed by atoms with Gasteiger partial charge in [-0.3, -0.25) is 4.79 Å². The molecule has 2 heteroatoms. The first-order valence-corrected chi connectivity index (χ1v) is 10.1. The predicted molar refractivity (Wildman–Crippen MR) is 107 cm³/mol. The van der Waals surface area contributed by atoms with Gasteiger partial charge in [-0.2, -0.15) is 0 Å². The van der Waals surface area contributed by atoms with Crippen LogP contribution in [0.4, 0.5) is 0 Å². The van der Waals surface area contributed by atoms with E-state index >= 15 is 0 Å². The third-order valence-corrected chi connectivity index (χ3v) is 5.77. The minimum atomic E-state index is 0.154. The van der Waals surface area contributed by atoms with E-state index in [4.69, 9.17) is 4.98 Å². The van der Waals surface area contributed by atoms with Crippen LogP contribution in [-0.4, -0.2) is 10.8 Å². The largest absolute Gasteiger partial charge is 0.287 e. The van der Waals surface area contributed by atoms with Crippen molar-refractivity contribution in [1.82, 2.24) is 4.98 Å². The lowest BCUT2D eigenvalue weighted by atomic mass is 9.80. The Hall–Kier alpha value is -2.22. The molecular weight excluding hydrogens is 318 g/mol. The number of hydrogen-bond acceptors (Lipinski definition) is 2. The number of nitrogens with zero attached hydrogens (tertiary/aromatic N) is 1. The Morgan fingerprint density at radius 2 is 1.81 bits per heavy atom. The summed E-state index contributed by atoms with van der Waals surface area (Å²) >= 11 is 0. The lowest BCUT2D eigenvalue weighted by molar-refractivity contribution is 0.102. The van der Waals surface area contributed by atoms with E-state index in [0.29, 0.717) is 0 Å². The maximum absolute atomic E-state index is 13.2. The number of hydrogen-bond donors (Lipinski definition) is 0. The summed E-state index contributed by atoms with van der Waals surface area (Å²) in [6, 6.07) is 10.2. The van der Waals surface area contributed by atoms with Gasteiger partial charge in [0.2, 0.25) is 5.78 Å². The smallest absolute Gasteiger partial charge is 0.207 e. The van der Waals surface area contributed by atoms with Crippen LogP contribution in [0.1, 0.15) is 77.5 Å². The Morgan fingerprint density at radius 1 is 1.00 bits per heavy atom. The van der Waals surface area contributed by atoms with E-state index in [-0.39, 0.29) is 5.78 Å². The molecule has 0 fully saturated rings. The number of pyridine rings is 1. The Balaban J connectivity index is 1.76. The molecule has 0 spiro atoms. The fraction of sp³-hybridized carbons (Fsp3) is 0.417. The molecule has 0 saturated carbocycles. The molecule has 0 unspecified atom stereocenters. The molecule has 0 N–H and O–H groups in total. The van der Waals surface area contributed by atoms with Crippen LogP contribution in [0.2, 0.25) is 0 Å². The van der Waals surface area contributed by atoms with Gasteiger partial charge in [0, 0.05) is 11.3 Å². The zero-order chi connectivity index (χ0) is 17.9. The first kappa shape index (κ1) is 17.2. The van der Waals surface area contributed by atoms with Crippen molar-refractivity contribution in [2.75, 3.05) is 0 Å². The number of ketones is 1. The average molecular weight is 345 g/mol. The van der Waals surface area contributed by atoms with E-state index in [1.54, 1.807) is 0 Å². The molecule has 0 amide bonds. The molecule has 2 nitrogen and oxygen atoms in total. The summed E-state index contributed by atoms with van der Waals surface area (Å²) in [7, 11) is 0. The van der Waals surface area contributed by atoms with E-state index in [0.717, 1.165) is 48.9 Å². The molecule has 2 aliphatic carbocycles. The van der Waals surface area contributed by atoms with E-state index in [1.165, 1.54) is 48.1 Å². The lowest BCUT2D eigenvalue weighted by Crippen LogP contribution is -2.22. The molecule has 1 aromatic heterocycles. The maximum Gasteiger partial charge on any atom is 0.207 e. The van der Waals surface area contributed by atoms with Gasteiger partial charge in [-0.05, 0) is 79.7 Å². The van der Waals surface area contributed by atoms with Crippen LogP contribution in [0.15, 0.2) is 35.9 Å². The van der Waals surface area contributed by atoms with E-state index < -0.39 is 0 Å². The number of aromatic nitrogens is 1. The van der Waals surface area contributed by atoms with Crippen molar-refractivity contribution in [3.05, 3.63) is 69.5 Å². The summed E-state index contributed by atoms with van der Waals surface area (Å²) in [5, 5.41) is 0. The highest BCUT2D eigenvalue weighted by Gasteiger charge is 2.29. The molecule has 4 rings (SSSR count). The quantitative estimate of drug-likeness (QED) is 0.683. The van der Waals surface area contributed by atoms with Crippen LogP contribution in [0, 0.1) is 0 Å². The number of rotatable bonds is 4. The van der Waals surface area contributed by atoms with Crippen molar-refractivity contribution in [2.45, 2.75) is 64.7 Å². The fourth-order valence-corrected chi connectivity index (χ4v) is 4.39. The van der Waals surface area contributed by atoms with Crippen molar-refractivity contribution in [3.8, 4) is 0 Å². The Labute approximate surface area is 156 Å². The molecular formula is C24H27NO. The summed E-state index contributed by atoms with van der Waals surface area (Å²) in [5.41, 5.74) is 8.18. The Morgan fingerprint density at radius 3 is 2.62 bits per heavy atom. The second kappa shape index (κ2) is 7.57. The van der Waals surface area contributed by atoms with Gasteiger partial charge < -0.3 is 0 Å². The van der Waals surface area contributed by atoms with Crippen molar-refractivity contribution in [2.24, 2.45) is 0 Å². The molecule has 0 saturated heterocycles.